The fourth-order valence-electron chi connectivity index (χ4n) is 4.20. The maximum absolute atomic E-state index is 14.0. The van der Waals surface area contributed by atoms with Crippen LogP contribution < -0.4 is 5.56 Å². The van der Waals surface area contributed by atoms with Crippen LogP contribution in [0, 0.1) is 18.7 Å². The molecule has 4 nitrogen and oxygen atoms in total. The Kier molecular flexibility index (Phi) is 6.12. The van der Waals surface area contributed by atoms with Crippen LogP contribution in [0.4, 0.5) is 4.39 Å². The van der Waals surface area contributed by atoms with E-state index in [1.807, 2.05) is 37.3 Å². The standard InChI is InChI=1S/C26H25FN2O2S2/c1-15(2)21-12-20-22(13-31-21)33-24-23(20)25(30)29(19-9-4-6-16(3)10-19)26(28-24)32-14-17-7-5-8-18(27)11-17/h4-11,15,21H,12-14H2,1-3H3. The molecule has 4 aromatic rings. The van der Waals surface area contributed by atoms with E-state index in [4.69, 9.17) is 9.72 Å². The van der Waals surface area contributed by atoms with Crippen molar-refractivity contribution < 1.29 is 9.13 Å². The van der Waals surface area contributed by atoms with Gasteiger partial charge in [0.2, 0.25) is 0 Å². The zero-order chi connectivity index (χ0) is 23.1. The molecule has 1 unspecified atom stereocenters. The molecule has 0 fully saturated rings. The van der Waals surface area contributed by atoms with Crippen molar-refractivity contribution in [1.29, 1.82) is 0 Å². The van der Waals surface area contributed by atoms with Crippen molar-refractivity contribution in [3.8, 4) is 5.69 Å². The lowest BCUT2D eigenvalue weighted by Crippen LogP contribution is -2.28. The predicted molar refractivity (Wildman–Crippen MR) is 133 cm³/mol. The number of nitrogens with zero attached hydrogens (tertiary/aromatic N) is 2. The first-order valence-corrected chi connectivity index (χ1v) is 12.8. The van der Waals surface area contributed by atoms with Crippen molar-refractivity contribution in [2.24, 2.45) is 5.92 Å². The molecule has 2 aromatic carbocycles. The van der Waals surface area contributed by atoms with Gasteiger partial charge in [0.25, 0.3) is 5.56 Å². The minimum absolute atomic E-state index is 0.0470. The highest BCUT2D eigenvalue weighted by Crippen LogP contribution is 2.36. The molecule has 3 heterocycles. The second-order valence-corrected chi connectivity index (χ2v) is 10.8. The fourth-order valence-corrected chi connectivity index (χ4v) is 6.32. The van der Waals surface area contributed by atoms with Gasteiger partial charge in [-0.15, -0.1) is 11.3 Å². The average molecular weight is 481 g/mol. The van der Waals surface area contributed by atoms with E-state index in [9.17, 15) is 9.18 Å². The van der Waals surface area contributed by atoms with Crippen molar-refractivity contribution in [1.82, 2.24) is 9.55 Å². The number of hydrogen-bond acceptors (Lipinski definition) is 5. The molecule has 0 bridgehead atoms. The van der Waals surface area contributed by atoms with Gasteiger partial charge in [-0.05, 0) is 53.8 Å². The maximum atomic E-state index is 14.0. The first kappa shape index (κ1) is 22.3. The third kappa shape index (κ3) is 4.37. The molecular formula is C26H25FN2O2S2. The van der Waals surface area contributed by atoms with Gasteiger partial charge in [0.15, 0.2) is 5.16 Å². The lowest BCUT2D eigenvalue weighted by molar-refractivity contribution is 0.00200. The summed E-state index contributed by atoms with van der Waals surface area (Å²) in [7, 11) is 0. The molecule has 7 heteroatoms. The Bertz CT molecular complexity index is 1390. The molecule has 170 valence electrons. The summed E-state index contributed by atoms with van der Waals surface area (Å²) in [5.74, 6) is 0.630. The summed E-state index contributed by atoms with van der Waals surface area (Å²) < 4.78 is 21.4. The Morgan fingerprint density at radius 2 is 2.06 bits per heavy atom. The summed E-state index contributed by atoms with van der Waals surface area (Å²) in [6.45, 7) is 6.83. The number of ether oxygens (including phenoxy) is 1. The van der Waals surface area contributed by atoms with Crippen molar-refractivity contribution in [3.63, 3.8) is 0 Å². The van der Waals surface area contributed by atoms with Gasteiger partial charge in [-0.3, -0.25) is 9.36 Å². The molecule has 1 aliphatic rings. The number of thioether (sulfide) groups is 1. The SMILES string of the molecule is Cc1cccc(-n2c(SCc3cccc(F)c3)nc3sc4c(c3c2=O)CC(C(C)C)OC4)c1. The summed E-state index contributed by atoms with van der Waals surface area (Å²) >= 11 is 3.00. The van der Waals surface area contributed by atoms with E-state index in [0.717, 1.165) is 38.5 Å². The van der Waals surface area contributed by atoms with E-state index in [1.54, 1.807) is 22.0 Å². The van der Waals surface area contributed by atoms with E-state index >= 15 is 0 Å². The molecule has 0 N–H and O–H groups in total. The van der Waals surface area contributed by atoms with Crippen LogP contribution >= 0.6 is 23.1 Å². The van der Waals surface area contributed by atoms with E-state index in [2.05, 4.69) is 13.8 Å². The number of hydrogen-bond donors (Lipinski definition) is 0. The maximum Gasteiger partial charge on any atom is 0.267 e. The molecule has 0 aliphatic carbocycles. The van der Waals surface area contributed by atoms with Crippen LogP contribution in [0.1, 0.15) is 35.4 Å². The third-order valence-electron chi connectivity index (χ3n) is 5.97. The molecule has 1 aliphatic heterocycles. The Hall–Kier alpha value is -2.48. The monoisotopic (exact) mass is 480 g/mol. The number of thiophene rings is 1. The highest BCUT2D eigenvalue weighted by molar-refractivity contribution is 7.98. The molecule has 0 saturated carbocycles. The fraction of sp³-hybridized carbons (Fsp3) is 0.308. The Morgan fingerprint density at radius 1 is 1.24 bits per heavy atom. The van der Waals surface area contributed by atoms with Gasteiger partial charge in [0.05, 0.1) is 23.8 Å². The van der Waals surface area contributed by atoms with Gasteiger partial charge in [-0.1, -0.05) is 49.9 Å². The minimum Gasteiger partial charge on any atom is -0.372 e. The molecule has 33 heavy (non-hydrogen) atoms. The number of benzene rings is 2. The molecule has 1 atom stereocenters. The second kappa shape index (κ2) is 9.05. The minimum atomic E-state index is -0.266. The molecule has 0 saturated heterocycles. The normalized spacial score (nSPS) is 15.8. The van der Waals surface area contributed by atoms with Gasteiger partial charge in [-0.2, -0.15) is 0 Å². The number of aromatic nitrogens is 2. The topological polar surface area (TPSA) is 44.1 Å². The largest absolute Gasteiger partial charge is 0.372 e. The average Bonchev–Trinajstić information content (AvgIpc) is 3.15. The van der Waals surface area contributed by atoms with Gasteiger partial charge in [0.1, 0.15) is 10.6 Å². The first-order valence-electron chi connectivity index (χ1n) is 11.0. The lowest BCUT2D eigenvalue weighted by atomic mass is 9.96. The number of aryl methyl sites for hydroxylation is 1. The van der Waals surface area contributed by atoms with Crippen molar-refractivity contribution in [2.75, 3.05) is 0 Å². The quantitative estimate of drug-likeness (QED) is 0.249. The Labute approximate surface area is 200 Å². The van der Waals surface area contributed by atoms with Gasteiger partial charge in [0, 0.05) is 17.1 Å². The summed E-state index contributed by atoms with van der Waals surface area (Å²) in [5.41, 5.74) is 3.75. The smallest absolute Gasteiger partial charge is 0.267 e. The molecule has 0 radical (unpaired) electrons. The lowest BCUT2D eigenvalue weighted by Gasteiger charge is -2.26. The summed E-state index contributed by atoms with van der Waals surface area (Å²) in [4.78, 5) is 20.7. The Balaban J connectivity index is 1.65. The van der Waals surface area contributed by atoms with Crippen molar-refractivity contribution >= 4 is 33.3 Å². The summed E-state index contributed by atoms with van der Waals surface area (Å²) in [6.07, 6.45) is 0.831. The Morgan fingerprint density at radius 3 is 2.82 bits per heavy atom. The zero-order valence-electron chi connectivity index (χ0n) is 18.8. The van der Waals surface area contributed by atoms with Crippen LogP contribution in [-0.4, -0.2) is 15.7 Å². The molecule has 5 rings (SSSR count). The second-order valence-electron chi connectivity index (χ2n) is 8.77. The first-order chi connectivity index (χ1) is 15.9. The molecular weight excluding hydrogens is 455 g/mol. The number of rotatable bonds is 5. The van der Waals surface area contributed by atoms with Crippen LogP contribution in [0.2, 0.25) is 0 Å². The zero-order valence-corrected chi connectivity index (χ0v) is 20.4. The highest BCUT2D eigenvalue weighted by Gasteiger charge is 2.28. The summed E-state index contributed by atoms with van der Waals surface area (Å²) in [6, 6.07) is 14.4. The van der Waals surface area contributed by atoms with Gasteiger partial charge in [-0.25, -0.2) is 9.37 Å². The van der Waals surface area contributed by atoms with Crippen LogP contribution in [0.15, 0.2) is 58.5 Å². The molecule has 0 spiro atoms. The number of halogens is 1. The van der Waals surface area contributed by atoms with E-state index < -0.39 is 0 Å². The predicted octanol–water partition coefficient (Wildman–Crippen LogP) is 6.28. The molecule has 0 amide bonds. The van der Waals surface area contributed by atoms with Gasteiger partial charge < -0.3 is 4.74 Å². The molecule has 2 aromatic heterocycles. The highest BCUT2D eigenvalue weighted by atomic mass is 32.2. The van der Waals surface area contributed by atoms with E-state index in [-0.39, 0.29) is 17.5 Å². The van der Waals surface area contributed by atoms with Crippen LogP contribution in [0.3, 0.4) is 0 Å². The third-order valence-corrected chi connectivity index (χ3v) is 8.08. The van der Waals surface area contributed by atoms with E-state index in [0.29, 0.717) is 28.8 Å². The van der Waals surface area contributed by atoms with Crippen molar-refractivity contribution in [3.05, 3.63) is 86.3 Å². The van der Waals surface area contributed by atoms with E-state index in [1.165, 1.54) is 23.9 Å². The van der Waals surface area contributed by atoms with Crippen LogP contribution in [0.5, 0.6) is 0 Å². The van der Waals surface area contributed by atoms with Crippen molar-refractivity contribution in [2.45, 2.75) is 50.8 Å². The van der Waals surface area contributed by atoms with Crippen LogP contribution in [0.25, 0.3) is 15.9 Å². The van der Waals surface area contributed by atoms with Gasteiger partial charge >= 0.3 is 0 Å². The number of fused-ring (bicyclic) bond motifs is 3. The van der Waals surface area contributed by atoms with Crippen LogP contribution in [-0.2, 0) is 23.5 Å². The summed E-state index contributed by atoms with van der Waals surface area (Å²) in [5, 5.41) is 1.32.